The normalized spacial score (nSPS) is 11.4. The van der Waals surface area contributed by atoms with Crippen LogP contribution in [0.1, 0.15) is 0 Å². The highest BCUT2D eigenvalue weighted by atomic mass is 79.9. The molecule has 0 saturated carbocycles. The van der Waals surface area contributed by atoms with E-state index in [2.05, 4.69) is 30.9 Å². The first-order valence-electron chi connectivity index (χ1n) is 8.02. The fourth-order valence-corrected chi connectivity index (χ4v) is 4.45. The standard InChI is InChI=1S/C20H12BrN3OS/c21-11-9-12(19-22-14-5-1-2-6-15(14)23-19)18(25)13(10-11)20-24-16-7-3-4-8-17(16)26-20/h1-10,25H,(H,22,23). The maximum Gasteiger partial charge on any atom is 0.142 e. The largest absolute Gasteiger partial charge is 0.506 e. The molecule has 0 radical (unpaired) electrons. The van der Waals surface area contributed by atoms with Crippen LogP contribution in [-0.2, 0) is 0 Å². The van der Waals surface area contributed by atoms with Gasteiger partial charge >= 0.3 is 0 Å². The van der Waals surface area contributed by atoms with Crippen LogP contribution in [0.4, 0.5) is 0 Å². The van der Waals surface area contributed by atoms with E-state index in [0.717, 1.165) is 30.7 Å². The molecule has 0 aliphatic rings. The van der Waals surface area contributed by atoms with Crippen LogP contribution in [0.2, 0.25) is 0 Å². The number of rotatable bonds is 2. The molecule has 5 rings (SSSR count). The highest BCUT2D eigenvalue weighted by Gasteiger charge is 2.18. The minimum absolute atomic E-state index is 0.173. The molecule has 5 aromatic rings. The lowest BCUT2D eigenvalue weighted by Crippen LogP contribution is -1.86. The summed E-state index contributed by atoms with van der Waals surface area (Å²) in [5, 5.41) is 11.7. The molecule has 2 aromatic heterocycles. The van der Waals surface area contributed by atoms with E-state index in [1.807, 2.05) is 60.7 Å². The Morgan fingerprint density at radius 1 is 0.885 bits per heavy atom. The smallest absolute Gasteiger partial charge is 0.142 e. The number of halogens is 1. The quantitative estimate of drug-likeness (QED) is 0.368. The SMILES string of the molecule is Oc1c(-c2nc3ccccc3[nH]2)cc(Br)cc1-c1nc2ccccc2s1. The maximum absolute atomic E-state index is 11.0. The molecule has 0 atom stereocenters. The predicted octanol–water partition coefficient (Wildman–Crippen LogP) is 5.97. The number of fused-ring (bicyclic) bond motifs is 2. The summed E-state index contributed by atoms with van der Waals surface area (Å²) in [7, 11) is 0. The molecule has 0 unspecified atom stereocenters. The van der Waals surface area contributed by atoms with Crippen LogP contribution in [0.3, 0.4) is 0 Å². The van der Waals surface area contributed by atoms with E-state index in [-0.39, 0.29) is 5.75 Å². The fraction of sp³-hybridized carbons (Fsp3) is 0. The van der Waals surface area contributed by atoms with Gasteiger partial charge in [-0.05, 0) is 36.4 Å². The number of H-pyrrole nitrogens is 1. The van der Waals surface area contributed by atoms with Gasteiger partial charge in [-0.15, -0.1) is 11.3 Å². The second-order valence-corrected chi connectivity index (χ2v) is 7.89. The van der Waals surface area contributed by atoms with Crippen molar-refractivity contribution in [2.45, 2.75) is 0 Å². The molecule has 26 heavy (non-hydrogen) atoms. The predicted molar refractivity (Wildman–Crippen MR) is 110 cm³/mol. The van der Waals surface area contributed by atoms with Crippen molar-refractivity contribution in [2.24, 2.45) is 0 Å². The average Bonchev–Trinajstić information content (AvgIpc) is 3.26. The number of benzene rings is 3. The van der Waals surface area contributed by atoms with Crippen molar-refractivity contribution >= 4 is 48.5 Å². The average molecular weight is 422 g/mol. The monoisotopic (exact) mass is 421 g/mol. The number of para-hydroxylation sites is 3. The number of phenolic OH excluding ortho intramolecular Hbond substituents is 1. The van der Waals surface area contributed by atoms with Gasteiger partial charge in [0.2, 0.25) is 0 Å². The van der Waals surface area contributed by atoms with Gasteiger partial charge in [0.05, 0.1) is 32.4 Å². The Bertz CT molecular complexity index is 1110. The van der Waals surface area contributed by atoms with Crippen molar-refractivity contribution in [1.82, 2.24) is 15.0 Å². The second-order valence-electron chi connectivity index (χ2n) is 5.94. The van der Waals surface area contributed by atoms with Gasteiger partial charge in [0.15, 0.2) is 0 Å². The number of phenols is 1. The Labute approximate surface area is 161 Å². The summed E-state index contributed by atoms with van der Waals surface area (Å²) >= 11 is 5.11. The molecule has 0 aliphatic carbocycles. The summed E-state index contributed by atoms with van der Waals surface area (Å²) in [6, 6.07) is 19.5. The van der Waals surface area contributed by atoms with Gasteiger partial charge in [-0.1, -0.05) is 40.2 Å². The lowest BCUT2D eigenvalue weighted by atomic mass is 10.1. The zero-order valence-corrected chi connectivity index (χ0v) is 15.8. The molecule has 126 valence electrons. The number of nitrogens with zero attached hydrogens (tertiary/aromatic N) is 2. The van der Waals surface area contributed by atoms with E-state index < -0.39 is 0 Å². The zero-order valence-electron chi connectivity index (χ0n) is 13.4. The summed E-state index contributed by atoms with van der Waals surface area (Å²) in [6.07, 6.45) is 0. The van der Waals surface area contributed by atoms with Crippen LogP contribution in [0, 0.1) is 0 Å². The molecule has 3 aromatic carbocycles. The molecule has 0 spiro atoms. The number of hydrogen-bond donors (Lipinski definition) is 2. The zero-order chi connectivity index (χ0) is 17.7. The molecule has 0 amide bonds. The highest BCUT2D eigenvalue weighted by Crippen LogP contribution is 2.42. The molecule has 0 bridgehead atoms. The van der Waals surface area contributed by atoms with Crippen molar-refractivity contribution in [1.29, 1.82) is 0 Å². The molecular weight excluding hydrogens is 410 g/mol. The van der Waals surface area contributed by atoms with Crippen molar-refractivity contribution in [3.05, 3.63) is 65.1 Å². The summed E-state index contributed by atoms with van der Waals surface area (Å²) in [5.74, 6) is 0.804. The summed E-state index contributed by atoms with van der Waals surface area (Å²) in [5.41, 5.74) is 4.06. The number of aromatic hydroxyl groups is 1. The molecule has 2 N–H and O–H groups in total. The lowest BCUT2D eigenvalue weighted by Gasteiger charge is -2.07. The summed E-state index contributed by atoms with van der Waals surface area (Å²) in [4.78, 5) is 12.6. The van der Waals surface area contributed by atoms with E-state index in [1.54, 1.807) is 11.3 Å². The van der Waals surface area contributed by atoms with Crippen molar-refractivity contribution in [3.8, 4) is 27.7 Å². The molecule has 0 saturated heterocycles. The van der Waals surface area contributed by atoms with Crippen LogP contribution in [0.5, 0.6) is 5.75 Å². The lowest BCUT2D eigenvalue weighted by molar-refractivity contribution is 0.479. The van der Waals surface area contributed by atoms with E-state index >= 15 is 0 Å². The van der Waals surface area contributed by atoms with Gasteiger partial charge in [-0.25, -0.2) is 9.97 Å². The second kappa shape index (κ2) is 5.93. The maximum atomic E-state index is 11.0. The fourth-order valence-electron chi connectivity index (χ4n) is 3.01. The topological polar surface area (TPSA) is 61.8 Å². The van der Waals surface area contributed by atoms with Gasteiger partial charge in [0, 0.05) is 4.47 Å². The van der Waals surface area contributed by atoms with Gasteiger partial charge in [-0.2, -0.15) is 0 Å². The Kier molecular flexibility index (Phi) is 3.55. The molecule has 0 fully saturated rings. The third-order valence-corrected chi connectivity index (χ3v) is 5.77. The first kappa shape index (κ1) is 15.5. The van der Waals surface area contributed by atoms with Crippen LogP contribution in [-0.4, -0.2) is 20.1 Å². The number of aromatic amines is 1. The Morgan fingerprint density at radius 2 is 1.62 bits per heavy atom. The molecule has 4 nitrogen and oxygen atoms in total. The molecule has 6 heteroatoms. The van der Waals surface area contributed by atoms with Crippen LogP contribution < -0.4 is 0 Å². The summed E-state index contributed by atoms with van der Waals surface area (Å²) in [6.45, 7) is 0. The van der Waals surface area contributed by atoms with Gasteiger partial charge in [0.25, 0.3) is 0 Å². The third kappa shape index (κ3) is 2.50. The number of hydrogen-bond acceptors (Lipinski definition) is 4. The van der Waals surface area contributed by atoms with Gasteiger partial charge < -0.3 is 10.1 Å². The van der Waals surface area contributed by atoms with Gasteiger partial charge in [0.1, 0.15) is 16.6 Å². The Balaban J connectivity index is 1.72. The molecular formula is C20H12BrN3OS. The van der Waals surface area contributed by atoms with E-state index in [4.69, 9.17) is 0 Å². The van der Waals surface area contributed by atoms with Crippen LogP contribution in [0.25, 0.3) is 43.2 Å². The Hall–Kier alpha value is -2.70. The van der Waals surface area contributed by atoms with Crippen molar-refractivity contribution < 1.29 is 5.11 Å². The molecule has 2 heterocycles. The third-order valence-electron chi connectivity index (χ3n) is 4.24. The Morgan fingerprint density at radius 3 is 2.42 bits per heavy atom. The highest BCUT2D eigenvalue weighted by molar-refractivity contribution is 9.10. The van der Waals surface area contributed by atoms with E-state index in [0.29, 0.717) is 17.0 Å². The first-order chi connectivity index (χ1) is 12.7. The van der Waals surface area contributed by atoms with Crippen LogP contribution >= 0.6 is 27.3 Å². The van der Waals surface area contributed by atoms with E-state index in [1.165, 1.54) is 0 Å². The minimum Gasteiger partial charge on any atom is -0.506 e. The van der Waals surface area contributed by atoms with Gasteiger partial charge in [-0.3, -0.25) is 0 Å². The number of aromatic nitrogens is 3. The van der Waals surface area contributed by atoms with Crippen molar-refractivity contribution in [2.75, 3.05) is 0 Å². The number of imidazole rings is 1. The van der Waals surface area contributed by atoms with E-state index in [9.17, 15) is 5.11 Å². The number of thiazole rings is 1. The summed E-state index contributed by atoms with van der Waals surface area (Å²) < 4.78 is 1.95. The van der Waals surface area contributed by atoms with Crippen LogP contribution in [0.15, 0.2) is 65.1 Å². The molecule has 0 aliphatic heterocycles. The van der Waals surface area contributed by atoms with Crippen molar-refractivity contribution in [3.63, 3.8) is 0 Å². The minimum atomic E-state index is 0.173. The number of nitrogens with one attached hydrogen (secondary N) is 1. The first-order valence-corrected chi connectivity index (χ1v) is 9.63.